The Morgan fingerprint density at radius 3 is 2.52 bits per heavy atom. The van der Waals surface area contributed by atoms with Crippen LogP contribution in [0.5, 0.6) is 0 Å². The van der Waals surface area contributed by atoms with Gasteiger partial charge in [0.25, 0.3) is 0 Å². The Morgan fingerprint density at radius 2 is 1.81 bits per heavy atom. The van der Waals surface area contributed by atoms with E-state index in [0.717, 1.165) is 12.6 Å². The van der Waals surface area contributed by atoms with Gasteiger partial charge in [0.1, 0.15) is 0 Å². The molecule has 4 nitrogen and oxygen atoms in total. The van der Waals surface area contributed by atoms with E-state index in [9.17, 15) is 0 Å². The van der Waals surface area contributed by atoms with E-state index < -0.39 is 0 Å². The summed E-state index contributed by atoms with van der Waals surface area (Å²) in [7, 11) is 0. The lowest BCUT2D eigenvalue weighted by Gasteiger charge is -2.41. The maximum absolute atomic E-state index is 6.30. The maximum atomic E-state index is 6.30. The summed E-state index contributed by atoms with van der Waals surface area (Å²) in [5.41, 5.74) is 6.59. The first-order valence-corrected chi connectivity index (χ1v) is 9.19. The summed E-state index contributed by atoms with van der Waals surface area (Å²) in [5, 5.41) is 0. The van der Waals surface area contributed by atoms with Crippen molar-refractivity contribution in [1.29, 1.82) is 0 Å². The van der Waals surface area contributed by atoms with Gasteiger partial charge in [0.05, 0.1) is 0 Å². The lowest BCUT2D eigenvalue weighted by molar-refractivity contribution is 0.0943. The molecule has 3 aliphatic heterocycles. The average molecular weight is 294 g/mol. The third kappa shape index (κ3) is 3.29. The van der Waals surface area contributed by atoms with Crippen LogP contribution in [0.2, 0.25) is 0 Å². The van der Waals surface area contributed by atoms with Gasteiger partial charge in [0, 0.05) is 31.2 Å². The number of nitrogens with zero attached hydrogens (tertiary/aromatic N) is 3. The van der Waals surface area contributed by atoms with Crippen LogP contribution in [-0.2, 0) is 0 Å². The van der Waals surface area contributed by atoms with Gasteiger partial charge in [-0.1, -0.05) is 6.92 Å². The molecular formula is C17H34N4. The Hall–Kier alpha value is -0.160. The molecule has 0 spiro atoms. The summed E-state index contributed by atoms with van der Waals surface area (Å²) in [4.78, 5) is 8.11. The zero-order valence-corrected chi connectivity index (χ0v) is 13.9. The van der Waals surface area contributed by atoms with Crippen molar-refractivity contribution in [3.63, 3.8) is 0 Å². The molecule has 3 aliphatic rings. The quantitative estimate of drug-likeness (QED) is 0.849. The van der Waals surface area contributed by atoms with Gasteiger partial charge < -0.3 is 10.6 Å². The van der Waals surface area contributed by atoms with Crippen LogP contribution in [0.1, 0.15) is 45.4 Å². The summed E-state index contributed by atoms with van der Waals surface area (Å²) < 4.78 is 0. The third-order valence-electron chi connectivity index (χ3n) is 6.33. The van der Waals surface area contributed by atoms with E-state index in [1.807, 2.05) is 0 Å². The zero-order valence-electron chi connectivity index (χ0n) is 13.9. The SMILES string of the molecule is CCN1CCCC(CN)(N2CCC(N3CCCC3)C2)CC1. The van der Waals surface area contributed by atoms with Crippen molar-refractivity contribution in [2.24, 2.45) is 5.73 Å². The number of hydrogen-bond donors (Lipinski definition) is 1. The molecule has 21 heavy (non-hydrogen) atoms. The summed E-state index contributed by atoms with van der Waals surface area (Å²) in [6.45, 7) is 12.0. The molecule has 0 aromatic heterocycles. The standard InChI is InChI=1S/C17H34N4/c1-2-19-9-5-7-17(15-18,8-13-19)21-12-6-16(14-21)20-10-3-4-11-20/h16H,2-15,18H2,1H3. The molecule has 0 bridgehead atoms. The van der Waals surface area contributed by atoms with Crippen LogP contribution in [0, 0.1) is 0 Å². The van der Waals surface area contributed by atoms with E-state index in [0.29, 0.717) is 5.54 Å². The Balaban J connectivity index is 1.63. The highest BCUT2D eigenvalue weighted by molar-refractivity contribution is 4.99. The van der Waals surface area contributed by atoms with Gasteiger partial charge in [-0.3, -0.25) is 9.80 Å². The van der Waals surface area contributed by atoms with Gasteiger partial charge in [0.2, 0.25) is 0 Å². The fourth-order valence-corrected chi connectivity index (χ4v) is 4.78. The molecule has 0 aromatic rings. The second-order valence-electron chi connectivity index (χ2n) is 7.35. The van der Waals surface area contributed by atoms with Gasteiger partial charge in [-0.25, -0.2) is 0 Å². The molecule has 4 heteroatoms. The average Bonchev–Trinajstić information content (AvgIpc) is 3.15. The van der Waals surface area contributed by atoms with E-state index in [-0.39, 0.29) is 0 Å². The minimum Gasteiger partial charge on any atom is -0.329 e. The molecule has 0 radical (unpaired) electrons. The molecule has 3 heterocycles. The molecule has 3 saturated heterocycles. The lowest BCUT2D eigenvalue weighted by atomic mass is 9.88. The van der Waals surface area contributed by atoms with Crippen LogP contribution >= 0.6 is 0 Å². The van der Waals surface area contributed by atoms with Crippen molar-refractivity contribution in [1.82, 2.24) is 14.7 Å². The van der Waals surface area contributed by atoms with Crippen molar-refractivity contribution < 1.29 is 0 Å². The largest absolute Gasteiger partial charge is 0.329 e. The lowest BCUT2D eigenvalue weighted by Crippen LogP contribution is -2.54. The first-order valence-electron chi connectivity index (χ1n) is 9.19. The van der Waals surface area contributed by atoms with Gasteiger partial charge in [-0.2, -0.15) is 0 Å². The minimum atomic E-state index is 0.290. The summed E-state index contributed by atoms with van der Waals surface area (Å²) in [6, 6.07) is 0.807. The normalized spacial score (nSPS) is 37.1. The second kappa shape index (κ2) is 6.95. The smallest absolute Gasteiger partial charge is 0.0345 e. The summed E-state index contributed by atoms with van der Waals surface area (Å²) in [5.74, 6) is 0. The van der Waals surface area contributed by atoms with E-state index in [1.54, 1.807) is 0 Å². The van der Waals surface area contributed by atoms with E-state index in [1.165, 1.54) is 84.3 Å². The molecule has 0 aliphatic carbocycles. The summed E-state index contributed by atoms with van der Waals surface area (Å²) >= 11 is 0. The van der Waals surface area contributed by atoms with Gasteiger partial charge in [-0.05, 0) is 71.2 Å². The monoisotopic (exact) mass is 294 g/mol. The van der Waals surface area contributed by atoms with E-state index in [2.05, 4.69) is 21.6 Å². The number of nitrogens with two attached hydrogens (primary N) is 1. The molecule has 2 N–H and O–H groups in total. The van der Waals surface area contributed by atoms with Crippen LogP contribution in [-0.4, -0.2) is 78.6 Å². The number of likely N-dealkylation sites (tertiary alicyclic amines) is 3. The van der Waals surface area contributed by atoms with Crippen LogP contribution in [0.25, 0.3) is 0 Å². The molecule has 0 aromatic carbocycles. The molecular weight excluding hydrogens is 260 g/mol. The molecule has 3 rings (SSSR count). The number of hydrogen-bond acceptors (Lipinski definition) is 4. The minimum absolute atomic E-state index is 0.290. The highest BCUT2D eigenvalue weighted by Gasteiger charge is 2.41. The van der Waals surface area contributed by atoms with Gasteiger partial charge in [0.15, 0.2) is 0 Å². The van der Waals surface area contributed by atoms with Crippen molar-refractivity contribution >= 4 is 0 Å². The Morgan fingerprint density at radius 1 is 1.00 bits per heavy atom. The molecule has 122 valence electrons. The van der Waals surface area contributed by atoms with Gasteiger partial charge in [-0.15, -0.1) is 0 Å². The first kappa shape index (κ1) is 15.7. The first-order chi connectivity index (χ1) is 10.3. The van der Waals surface area contributed by atoms with E-state index in [4.69, 9.17) is 5.73 Å². The highest BCUT2D eigenvalue weighted by Crippen LogP contribution is 2.33. The predicted molar refractivity (Wildman–Crippen MR) is 88.5 cm³/mol. The van der Waals surface area contributed by atoms with Crippen LogP contribution < -0.4 is 5.73 Å². The van der Waals surface area contributed by atoms with Crippen molar-refractivity contribution in [2.45, 2.75) is 57.0 Å². The molecule has 0 saturated carbocycles. The third-order valence-corrected chi connectivity index (χ3v) is 6.33. The summed E-state index contributed by atoms with van der Waals surface area (Å²) in [6.07, 6.45) is 8.06. The molecule has 0 amide bonds. The fourth-order valence-electron chi connectivity index (χ4n) is 4.78. The van der Waals surface area contributed by atoms with Crippen LogP contribution in [0.15, 0.2) is 0 Å². The topological polar surface area (TPSA) is 35.7 Å². The highest BCUT2D eigenvalue weighted by atomic mass is 15.3. The van der Waals surface area contributed by atoms with Crippen LogP contribution in [0.3, 0.4) is 0 Å². The van der Waals surface area contributed by atoms with Crippen LogP contribution in [0.4, 0.5) is 0 Å². The fraction of sp³-hybridized carbons (Fsp3) is 1.00. The van der Waals surface area contributed by atoms with Crippen molar-refractivity contribution in [3.05, 3.63) is 0 Å². The number of rotatable bonds is 4. The van der Waals surface area contributed by atoms with Crippen molar-refractivity contribution in [2.75, 3.05) is 52.4 Å². The Bertz CT molecular complexity index is 329. The second-order valence-corrected chi connectivity index (χ2v) is 7.35. The molecule has 2 atom stereocenters. The Labute approximate surface area is 130 Å². The maximum Gasteiger partial charge on any atom is 0.0345 e. The van der Waals surface area contributed by atoms with Gasteiger partial charge >= 0.3 is 0 Å². The molecule has 3 fully saturated rings. The predicted octanol–water partition coefficient (Wildman–Crippen LogP) is 1.36. The zero-order chi connectivity index (χ0) is 14.7. The Kier molecular flexibility index (Phi) is 5.20. The van der Waals surface area contributed by atoms with Crippen molar-refractivity contribution in [3.8, 4) is 0 Å². The molecule has 2 unspecified atom stereocenters. The van der Waals surface area contributed by atoms with E-state index >= 15 is 0 Å².